The van der Waals surface area contributed by atoms with Crippen LogP contribution in [0.5, 0.6) is 0 Å². The second-order valence-electron chi connectivity index (χ2n) is 6.11. The van der Waals surface area contributed by atoms with Crippen molar-refractivity contribution in [3.8, 4) is 0 Å². The highest BCUT2D eigenvalue weighted by molar-refractivity contribution is 5.75. The number of pyridine rings is 1. The highest BCUT2D eigenvalue weighted by atomic mass is 16.7. The first-order valence-corrected chi connectivity index (χ1v) is 6.84. The van der Waals surface area contributed by atoms with Crippen molar-refractivity contribution in [1.29, 1.82) is 0 Å². The molecule has 2 heterocycles. The smallest absolute Gasteiger partial charge is 0.330 e. The number of rotatable bonds is 2. The minimum atomic E-state index is -0.443. The van der Waals surface area contributed by atoms with Gasteiger partial charge in [0.25, 0.3) is 0 Å². The lowest BCUT2D eigenvalue weighted by molar-refractivity contribution is -0.204. The monoisotopic (exact) mass is 262 g/mol. The molecule has 0 aliphatic carbocycles. The molecule has 1 fully saturated rings. The Morgan fingerprint density at radius 2 is 1.84 bits per heavy atom. The van der Waals surface area contributed by atoms with E-state index in [0.717, 1.165) is 25.9 Å². The second kappa shape index (κ2) is 5.70. The van der Waals surface area contributed by atoms with Crippen LogP contribution in [0.2, 0.25) is 0 Å². The molecule has 1 aromatic rings. The first-order valence-electron chi connectivity index (χ1n) is 6.84. The number of piperidine rings is 1. The van der Waals surface area contributed by atoms with Crippen molar-refractivity contribution >= 4 is 5.97 Å². The van der Waals surface area contributed by atoms with Crippen LogP contribution >= 0.6 is 0 Å². The molecule has 0 radical (unpaired) electrons. The zero-order valence-corrected chi connectivity index (χ0v) is 11.9. The summed E-state index contributed by atoms with van der Waals surface area (Å²) < 4.78 is 0. The predicted molar refractivity (Wildman–Crippen MR) is 73.3 cm³/mol. The predicted octanol–water partition coefficient (Wildman–Crippen LogP) is 2.77. The van der Waals surface area contributed by atoms with Gasteiger partial charge in [0.2, 0.25) is 0 Å². The van der Waals surface area contributed by atoms with E-state index in [1.54, 1.807) is 5.06 Å². The molecule has 19 heavy (non-hydrogen) atoms. The van der Waals surface area contributed by atoms with E-state index >= 15 is 0 Å². The number of hydroxylamine groups is 2. The Balaban J connectivity index is 1.85. The van der Waals surface area contributed by atoms with E-state index in [2.05, 4.69) is 17.1 Å². The molecular weight excluding hydrogens is 240 g/mol. The molecule has 0 unspecified atom stereocenters. The summed E-state index contributed by atoms with van der Waals surface area (Å²) in [4.78, 5) is 21.3. The van der Waals surface area contributed by atoms with E-state index in [1.165, 1.54) is 5.56 Å². The van der Waals surface area contributed by atoms with Gasteiger partial charge < -0.3 is 4.84 Å². The molecule has 4 nitrogen and oxygen atoms in total. The maximum Gasteiger partial charge on any atom is 0.330 e. The highest BCUT2D eigenvalue weighted by Crippen LogP contribution is 2.28. The molecule has 1 saturated heterocycles. The van der Waals surface area contributed by atoms with Gasteiger partial charge in [-0.1, -0.05) is 0 Å². The third kappa shape index (κ3) is 3.77. The summed E-state index contributed by atoms with van der Waals surface area (Å²) in [6.07, 6.45) is 5.70. The molecule has 4 heteroatoms. The lowest BCUT2D eigenvalue weighted by Gasteiger charge is -2.32. The van der Waals surface area contributed by atoms with Crippen molar-refractivity contribution in [2.75, 3.05) is 13.1 Å². The van der Waals surface area contributed by atoms with Crippen molar-refractivity contribution in [3.63, 3.8) is 0 Å². The van der Waals surface area contributed by atoms with Gasteiger partial charge in [0, 0.05) is 25.5 Å². The third-order valence-corrected chi connectivity index (χ3v) is 3.46. The molecule has 1 aromatic heterocycles. The summed E-state index contributed by atoms with van der Waals surface area (Å²) in [6, 6.07) is 4.14. The van der Waals surface area contributed by atoms with Gasteiger partial charge in [-0.05, 0) is 57.2 Å². The molecule has 1 aliphatic rings. The Morgan fingerprint density at radius 1 is 1.26 bits per heavy atom. The van der Waals surface area contributed by atoms with Gasteiger partial charge >= 0.3 is 5.97 Å². The average Bonchev–Trinajstić information content (AvgIpc) is 2.39. The van der Waals surface area contributed by atoms with Gasteiger partial charge in [-0.3, -0.25) is 4.98 Å². The van der Waals surface area contributed by atoms with Gasteiger partial charge in [-0.15, -0.1) is 5.06 Å². The van der Waals surface area contributed by atoms with Crippen molar-refractivity contribution in [3.05, 3.63) is 30.1 Å². The lowest BCUT2D eigenvalue weighted by atomic mass is 9.91. The SMILES string of the molecule is CC(C)(C)C(=O)ON1CCC(c2ccncc2)CC1. The van der Waals surface area contributed by atoms with E-state index in [4.69, 9.17) is 4.84 Å². The fourth-order valence-corrected chi connectivity index (χ4v) is 2.17. The molecule has 0 aromatic carbocycles. The molecule has 0 atom stereocenters. The summed E-state index contributed by atoms with van der Waals surface area (Å²) in [5.74, 6) is 0.391. The fraction of sp³-hybridized carbons (Fsp3) is 0.600. The number of nitrogens with zero attached hydrogens (tertiary/aromatic N) is 2. The Hall–Kier alpha value is -1.42. The van der Waals surface area contributed by atoms with Gasteiger partial charge in [0.1, 0.15) is 0 Å². The van der Waals surface area contributed by atoms with Crippen LogP contribution in [0.4, 0.5) is 0 Å². The first kappa shape index (κ1) is 14.0. The minimum absolute atomic E-state index is 0.158. The molecular formula is C15H22N2O2. The summed E-state index contributed by atoms with van der Waals surface area (Å²) in [7, 11) is 0. The van der Waals surface area contributed by atoms with E-state index < -0.39 is 5.41 Å². The molecule has 0 spiro atoms. The van der Waals surface area contributed by atoms with Crippen LogP contribution in [-0.4, -0.2) is 29.1 Å². The summed E-state index contributed by atoms with van der Waals surface area (Å²) in [5, 5.41) is 1.80. The minimum Gasteiger partial charge on any atom is -0.367 e. The molecule has 1 aliphatic heterocycles. The summed E-state index contributed by atoms with van der Waals surface area (Å²) >= 11 is 0. The lowest BCUT2D eigenvalue weighted by Crippen LogP contribution is -2.38. The number of aromatic nitrogens is 1. The van der Waals surface area contributed by atoms with Crippen LogP contribution in [0.15, 0.2) is 24.5 Å². The third-order valence-electron chi connectivity index (χ3n) is 3.46. The van der Waals surface area contributed by atoms with Gasteiger partial charge in [0.15, 0.2) is 0 Å². The van der Waals surface area contributed by atoms with E-state index in [9.17, 15) is 4.79 Å². The Labute approximate surface area is 114 Å². The quantitative estimate of drug-likeness (QED) is 0.822. The number of hydrogen-bond donors (Lipinski definition) is 0. The van der Waals surface area contributed by atoms with Crippen molar-refractivity contribution in [2.45, 2.75) is 39.5 Å². The van der Waals surface area contributed by atoms with Crippen molar-refractivity contribution in [1.82, 2.24) is 10.0 Å². The van der Waals surface area contributed by atoms with E-state index in [1.807, 2.05) is 33.2 Å². The first-order chi connectivity index (χ1) is 8.97. The standard InChI is InChI=1S/C15H22N2O2/c1-15(2,3)14(18)19-17-10-6-13(7-11-17)12-4-8-16-9-5-12/h4-5,8-9,13H,6-7,10-11H2,1-3H3. The van der Waals surface area contributed by atoms with E-state index in [-0.39, 0.29) is 5.97 Å². The number of carbonyl (C=O) groups excluding carboxylic acids is 1. The molecule has 0 bridgehead atoms. The van der Waals surface area contributed by atoms with Crippen LogP contribution in [-0.2, 0) is 9.63 Å². The topological polar surface area (TPSA) is 42.4 Å². The van der Waals surface area contributed by atoms with E-state index in [0.29, 0.717) is 5.92 Å². The highest BCUT2D eigenvalue weighted by Gasteiger charge is 2.28. The van der Waals surface area contributed by atoms with Gasteiger partial charge in [-0.2, -0.15) is 0 Å². The van der Waals surface area contributed by atoms with Gasteiger partial charge in [0.05, 0.1) is 5.41 Å². The van der Waals surface area contributed by atoms with Gasteiger partial charge in [-0.25, -0.2) is 4.79 Å². The zero-order valence-electron chi connectivity index (χ0n) is 11.9. The molecule has 0 amide bonds. The zero-order chi connectivity index (χ0) is 13.9. The maximum absolute atomic E-state index is 11.8. The number of hydrogen-bond acceptors (Lipinski definition) is 4. The summed E-state index contributed by atoms with van der Waals surface area (Å²) in [6.45, 7) is 7.22. The normalized spacial score (nSPS) is 18.3. The molecule has 0 saturated carbocycles. The number of carbonyl (C=O) groups is 1. The maximum atomic E-state index is 11.8. The van der Waals surface area contributed by atoms with Crippen molar-refractivity contribution < 1.29 is 9.63 Å². The van der Waals surface area contributed by atoms with Crippen LogP contribution < -0.4 is 0 Å². The largest absolute Gasteiger partial charge is 0.367 e. The Bertz CT molecular complexity index is 418. The Morgan fingerprint density at radius 3 is 2.37 bits per heavy atom. The van der Waals surface area contributed by atoms with Crippen LogP contribution in [0.25, 0.3) is 0 Å². The van der Waals surface area contributed by atoms with Crippen LogP contribution in [0.1, 0.15) is 45.1 Å². The Kier molecular flexibility index (Phi) is 4.20. The fourth-order valence-electron chi connectivity index (χ4n) is 2.17. The van der Waals surface area contributed by atoms with Crippen LogP contribution in [0.3, 0.4) is 0 Å². The molecule has 2 rings (SSSR count). The van der Waals surface area contributed by atoms with Crippen LogP contribution in [0, 0.1) is 5.41 Å². The molecule has 104 valence electrons. The van der Waals surface area contributed by atoms with Crippen molar-refractivity contribution in [2.24, 2.45) is 5.41 Å². The summed E-state index contributed by atoms with van der Waals surface area (Å²) in [5.41, 5.74) is 0.888. The average molecular weight is 262 g/mol. The second-order valence-corrected chi connectivity index (χ2v) is 6.11. The molecule has 0 N–H and O–H groups in total.